The van der Waals surface area contributed by atoms with E-state index in [9.17, 15) is 18.0 Å². The lowest BCUT2D eigenvalue weighted by atomic mass is 10.1. The van der Waals surface area contributed by atoms with Crippen molar-refractivity contribution < 1.29 is 23.1 Å². The fourth-order valence-electron chi connectivity index (χ4n) is 2.16. The number of aromatic nitrogens is 1. The SMILES string of the molecule is N[C@]1(C(=O)O)[C@H](c2cccnc2)[C@H]1C(F)(F)F. The number of halogens is 3. The molecule has 0 aromatic carbocycles. The first-order valence-electron chi connectivity index (χ1n) is 4.78. The summed E-state index contributed by atoms with van der Waals surface area (Å²) in [4.78, 5) is 14.6. The number of nitrogens with two attached hydrogens (primary N) is 1. The molecule has 17 heavy (non-hydrogen) atoms. The monoisotopic (exact) mass is 246 g/mol. The van der Waals surface area contributed by atoms with Crippen LogP contribution in [0.3, 0.4) is 0 Å². The molecule has 0 unspecified atom stereocenters. The predicted octanol–water partition coefficient (Wildman–Crippen LogP) is 1.14. The summed E-state index contributed by atoms with van der Waals surface area (Å²) in [5.74, 6) is -4.97. The zero-order chi connectivity index (χ0) is 12.8. The third-order valence-corrected chi connectivity index (χ3v) is 3.02. The van der Waals surface area contributed by atoms with Gasteiger partial charge in [-0.15, -0.1) is 0 Å². The smallest absolute Gasteiger partial charge is 0.394 e. The molecule has 4 nitrogen and oxygen atoms in total. The number of alkyl halides is 3. The fraction of sp³-hybridized carbons (Fsp3) is 0.400. The zero-order valence-electron chi connectivity index (χ0n) is 8.48. The van der Waals surface area contributed by atoms with Gasteiger partial charge >= 0.3 is 12.1 Å². The van der Waals surface area contributed by atoms with Crippen molar-refractivity contribution in [1.29, 1.82) is 0 Å². The molecule has 2 rings (SSSR count). The normalized spacial score (nSPS) is 32.2. The number of rotatable bonds is 2. The zero-order valence-corrected chi connectivity index (χ0v) is 8.48. The van der Waals surface area contributed by atoms with Gasteiger partial charge in [0.15, 0.2) is 0 Å². The minimum atomic E-state index is -4.63. The van der Waals surface area contributed by atoms with E-state index in [0.717, 1.165) is 0 Å². The van der Waals surface area contributed by atoms with Crippen molar-refractivity contribution in [2.45, 2.75) is 17.6 Å². The van der Waals surface area contributed by atoms with Crippen LogP contribution < -0.4 is 5.73 Å². The van der Waals surface area contributed by atoms with Crippen molar-refractivity contribution in [2.24, 2.45) is 11.7 Å². The summed E-state index contributed by atoms with van der Waals surface area (Å²) < 4.78 is 38.0. The first-order chi connectivity index (χ1) is 7.79. The molecule has 1 heterocycles. The Labute approximate surface area is 94.3 Å². The summed E-state index contributed by atoms with van der Waals surface area (Å²) in [6.07, 6.45) is -2.03. The standard InChI is InChI=1S/C10H9F3N2O2/c11-10(12,13)7-6(9(7,14)8(16)17)5-2-1-3-15-4-5/h1-4,6-7H,14H2,(H,16,17)/t6-,7-,9-/m1/s1. The summed E-state index contributed by atoms with van der Waals surface area (Å²) in [6.45, 7) is 0. The Morgan fingerprint density at radius 2 is 2.18 bits per heavy atom. The Balaban J connectivity index is 2.39. The third-order valence-electron chi connectivity index (χ3n) is 3.02. The van der Waals surface area contributed by atoms with Gasteiger partial charge in [0.25, 0.3) is 0 Å². The number of hydrogen-bond donors (Lipinski definition) is 2. The van der Waals surface area contributed by atoms with Gasteiger partial charge < -0.3 is 10.8 Å². The highest BCUT2D eigenvalue weighted by Gasteiger charge is 2.78. The maximum Gasteiger partial charge on any atom is 0.394 e. The van der Waals surface area contributed by atoms with Crippen LogP contribution in [0.4, 0.5) is 13.2 Å². The minimum absolute atomic E-state index is 0.194. The van der Waals surface area contributed by atoms with Crippen molar-refractivity contribution in [2.75, 3.05) is 0 Å². The molecular weight excluding hydrogens is 237 g/mol. The first-order valence-corrected chi connectivity index (χ1v) is 4.78. The third kappa shape index (κ3) is 1.66. The van der Waals surface area contributed by atoms with Gasteiger partial charge in [-0.3, -0.25) is 9.78 Å². The summed E-state index contributed by atoms with van der Waals surface area (Å²) in [5.41, 5.74) is 3.27. The van der Waals surface area contributed by atoms with E-state index in [0.29, 0.717) is 0 Å². The summed E-state index contributed by atoms with van der Waals surface area (Å²) >= 11 is 0. The molecule has 1 aliphatic carbocycles. The Morgan fingerprint density at radius 3 is 2.53 bits per heavy atom. The summed E-state index contributed by atoms with van der Waals surface area (Å²) in [6, 6.07) is 2.84. The van der Waals surface area contributed by atoms with Crippen LogP contribution in [0.15, 0.2) is 24.5 Å². The van der Waals surface area contributed by atoms with Gasteiger partial charge in [-0.25, -0.2) is 0 Å². The lowest BCUT2D eigenvalue weighted by Gasteiger charge is -2.07. The Kier molecular flexibility index (Phi) is 2.39. The fourth-order valence-corrected chi connectivity index (χ4v) is 2.16. The average molecular weight is 246 g/mol. The molecule has 0 saturated heterocycles. The second-order valence-electron chi connectivity index (χ2n) is 4.02. The van der Waals surface area contributed by atoms with E-state index in [-0.39, 0.29) is 5.56 Å². The minimum Gasteiger partial charge on any atom is -0.480 e. The molecule has 0 radical (unpaired) electrons. The van der Waals surface area contributed by atoms with Gasteiger partial charge in [0.1, 0.15) is 5.54 Å². The molecule has 0 bridgehead atoms. The molecule has 1 fully saturated rings. The Morgan fingerprint density at radius 1 is 1.53 bits per heavy atom. The molecule has 0 aliphatic heterocycles. The van der Waals surface area contributed by atoms with E-state index in [1.807, 2.05) is 0 Å². The second kappa shape index (κ2) is 3.43. The molecule has 1 aromatic heterocycles. The van der Waals surface area contributed by atoms with E-state index < -0.39 is 29.5 Å². The van der Waals surface area contributed by atoms with Crippen molar-refractivity contribution in [3.63, 3.8) is 0 Å². The topological polar surface area (TPSA) is 76.2 Å². The lowest BCUT2D eigenvalue weighted by molar-refractivity contribution is -0.162. The number of carbonyl (C=O) groups is 1. The van der Waals surface area contributed by atoms with E-state index in [1.54, 1.807) is 0 Å². The van der Waals surface area contributed by atoms with Gasteiger partial charge in [-0.05, 0) is 11.6 Å². The van der Waals surface area contributed by atoms with Crippen LogP contribution in [0.2, 0.25) is 0 Å². The largest absolute Gasteiger partial charge is 0.480 e. The quantitative estimate of drug-likeness (QED) is 0.820. The van der Waals surface area contributed by atoms with Crippen LogP contribution in [0.5, 0.6) is 0 Å². The van der Waals surface area contributed by atoms with Crippen molar-refractivity contribution in [3.05, 3.63) is 30.1 Å². The summed E-state index contributed by atoms with van der Waals surface area (Å²) in [5, 5.41) is 8.83. The van der Waals surface area contributed by atoms with E-state index >= 15 is 0 Å². The van der Waals surface area contributed by atoms with E-state index in [2.05, 4.69) is 4.98 Å². The van der Waals surface area contributed by atoms with Crippen LogP contribution in [0, 0.1) is 5.92 Å². The van der Waals surface area contributed by atoms with Crippen LogP contribution in [0.25, 0.3) is 0 Å². The predicted molar refractivity (Wildman–Crippen MR) is 51.1 cm³/mol. The van der Waals surface area contributed by atoms with Crippen molar-refractivity contribution in [3.8, 4) is 0 Å². The molecule has 0 spiro atoms. The highest BCUT2D eigenvalue weighted by atomic mass is 19.4. The van der Waals surface area contributed by atoms with Gasteiger partial charge in [0.05, 0.1) is 5.92 Å². The second-order valence-corrected chi connectivity index (χ2v) is 4.02. The van der Waals surface area contributed by atoms with Crippen molar-refractivity contribution in [1.82, 2.24) is 4.98 Å². The van der Waals surface area contributed by atoms with Crippen LogP contribution in [-0.4, -0.2) is 27.8 Å². The average Bonchev–Trinajstić information content (AvgIpc) is 2.88. The maximum absolute atomic E-state index is 12.7. The van der Waals surface area contributed by atoms with Gasteiger partial charge in [0, 0.05) is 18.3 Å². The highest BCUT2D eigenvalue weighted by Crippen LogP contribution is 2.62. The molecule has 1 saturated carbocycles. The van der Waals surface area contributed by atoms with Crippen LogP contribution in [-0.2, 0) is 4.79 Å². The van der Waals surface area contributed by atoms with E-state index in [1.165, 1.54) is 24.5 Å². The van der Waals surface area contributed by atoms with Gasteiger partial charge in [-0.2, -0.15) is 13.2 Å². The molecular formula is C10H9F3N2O2. The molecule has 7 heteroatoms. The molecule has 0 amide bonds. The maximum atomic E-state index is 12.7. The number of hydrogen-bond acceptors (Lipinski definition) is 3. The number of carboxylic acid groups (broad SMARTS) is 1. The Hall–Kier alpha value is -1.63. The van der Waals surface area contributed by atoms with Crippen molar-refractivity contribution >= 4 is 5.97 Å². The van der Waals surface area contributed by atoms with E-state index in [4.69, 9.17) is 10.8 Å². The summed E-state index contributed by atoms with van der Waals surface area (Å²) in [7, 11) is 0. The highest BCUT2D eigenvalue weighted by molar-refractivity contribution is 5.86. The molecule has 92 valence electrons. The number of pyridine rings is 1. The molecule has 3 N–H and O–H groups in total. The van der Waals surface area contributed by atoms with Crippen LogP contribution >= 0.6 is 0 Å². The number of aliphatic carboxylic acids is 1. The van der Waals surface area contributed by atoms with Gasteiger partial charge in [0.2, 0.25) is 0 Å². The number of carboxylic acids is 1. The first kappa shape index (κ1) is 11.8. The van der Waals surface area contributed by atoms with Gasteiger partial charge in [-0.1, -0.05) is 6.07 Å². The molecule has 1 aromatic rings. The Bertz CT molecular complexity index is 449. The van der Waals surface area contributed by atoms with Crippen LogP contribution in [0.1, 0.15) is 11.5 Å². The molecule has 3 atom stereocenters. The lowest BCUT2D eigenvalue weighted by Crippen LogP contribution is -2.39. The number of nitrogens with zero attached hydrogens (tertiary/aromatic N) is 1. The molecule has 1 aliphatic rings.